The topological polar surface area (TPSA) is 67.9 Å². The van der Waals surface area contributed by atoms with Crippen LogP contribution in [0, 0.1) is 0 Å². The quantitative estimate of drug-likeness (QED) is 0.246. The minimum atomic E-state index is -4.62. The van der Waals surface area contributed by atoms with E-state index < -0.39 is 24.3 Å². The fraction of sp³-hybridized carbons (Fsp3) is 0.115. The van der Waals surface area contributed by atoms with Crippen molar-refractivity contribution in [1.82, 2.24) is 0 Å². The number of hydrogen-bond donors (Lipinski definition) is 1. The Morgan fingerprint density at radius 2 is 1.82 bits per heavy atom. The number of halogens is 4. The number of anilines is 2. The number of carbonyl (C=O) groups is 2. The van der Waals surface area contributed by atoms with Crippen molar-refractivity contribution in [3.05, 3.63) is 87.8 Å². The smallest absolute Gasteiger partial charge is 0.418 e. The zero-order valence-corrected chi connectivity index (χ0v) is 21.9. The zero-order chi connectivity index (χ0) is 27.4. The van der Waals surface area contributed by atoms with Gasteiger partial charge in [-0.1, -0.05) is 53.8 Å². The maximum absolute atomic E-state index is 13.2. The highest BCUT2D eigenvalue weighted by molar-refractivity contribution is 8.27. The van der Waals surface area contributed by atoms with Crippen LogP contribution in [0.4, 0.5) is 24.5 Å². The van der Waals surface area contributed by atoms with Gasteiger partial charge >= 0.3 is 6.18 Å². The van der Waals surface area contributed by atoms with Gasteiger partial charge in [0, 0.05) is 5.02 Å². The molecule has 1 heterocycles. The minimum absolute atomic E-state index is 0.192. The third-order valence-corrected chi connectivity index (χ3v) is 6.78. The molecule has 4 rings (SSSR count). The van der Waals surface area contributed by atoms with Crippen LogP contribution in [0.3, 0.4) is 0 Å². The largest absolute Gasteiger partial charge is 0.493 e. The number of nitrogens with zero attached hydrogens (tertiary/aromatic N) is 1. The van der Waals surface area contributed by atoms with Crippen molar-refractivity contribution in [3.63, 3.8) is 0 Å². The summed E-state index contributed by atoms with van der Waals surface area (Å²) in [7, 11) is 1.39. The molecule has 0 aliphatic carbocycles. The lowest BCUT2D eigenvalue weighted by Crippen LogP contribution is -2.27. The van der Waals surface area contributed by atoms with E-state index in [0.29, 0.717) is 25.5 Å². The number of hydrogen-bond acceptors (Lipinski definition) is 6. The lowest BCUT2D eigenvalue weighted by Gasteiger charge is -2.15. The van der Waals surface area contributed by atoms with E-state index >= 15 is 0 Å². The Morgan fingerprint density at radius 3 is 2.50 bits per heavy atom. The molecule has 0 saturated carbocycles. The van der Waals surface area contributed by atoms with E-state index in [-0.39, 0.29) is 23.1 Å². The number of rotatable bonds is 7. The van der Waals surface area contributed by atoms with Gasteiger partial charge in [0.1, 0.15) is 0 Å². The Hall–Kier alpha value is -3.54. The van der Waals surface area contributed by atoms with E-state index in [4.69, 9.17) is 33.3 Å². The van der Waals surface area contributed by atoms with Gasteiger partial charge in [-0.3, -0.25) is 14.5 Å². The Bertz CT molecular complexity index is 1430. The van der Waals surface area contributed by atoms with Crippen LogP contribution < -0.4 is 19.7 Å². The standard InChI is InChI=1S/C26H18ClF3N2O4S2/c1-35-21-12-15(13-22-24(34)32(25(37)38-22)17-9-7-16(27)8-10-17)6-11-20(21)36-14-23(33)31-19-5-3-2-4-18(19)26(28,29)30/h2-13H,14H2,1H3,(H,31,33)/b22-13-. The molecular formula is C26H18ClF3N2O4S2. The van der Waals surface area contributed by atoms with Crippen LogP contribution in [0.2, 0.25) is 5.02 Å². The molecule has 1 aliphatic rings. The molecule has 0 spiro atoms. The molecule has 1 fully saturated rings. The molecular weight excluding hydrogens is 561 g/mol. The van der Waals surface area contributed by atoms with Crippen molar-refractivity contribution in [2.75, 3.05) is 23.9 Å². The van der Waals surface area contributed by atoms with Crippen molar-refractivity contribution in [2.24, 2.45) is 0 Å². The summed E-state index contributed by atoms with van der Waals surface area (Å²) in [5.41, 5.74) is -0.129. The molecule has 12 heteroatoms. The first kappa shape index (κ1) is 27.5. The first-order chi connectivity index (χ1) is 18.1. The molecule has 0 aromatic heterocycles. The van der Waals surface area contributed by atoms with E-state index in [0.717, 1.165) is 23.9 Å². The summed E-state index contributed by atoms with van der Waals surface area (Å²) in [4.78, 5) is 27.1. The Labute approximate surface area is 230 Å². The lowest BCUT2D eigenvalue weighted by atomic mass is 10.1. The Morgan fingerprint density at radius 1 is 1.11 bits per heavy atom. The first-order valence-electron chi connectivity index (χ1n) is 10.9. The van der Waals surface area contributed by atoms with Gasteiger partial charge in [0.25, 0.3) is 11.8 Å². The highest BCUT2D eigenvalue weighted by Crippen LogP contribution is 2.38. The maximum Gasteiger partial charge on any atom is 0.418 e. The Kier molecular flexibility index (Phi) is 8.29. The lowest BCUT2D eigenvalue weighted by molar-refractivity contribution is -0.137. The van der Waals surface area contributed by atoms with E-state index in [1.807, 2.05) is 0 Å². The molecule has 196 valence electrons. The summed E-state index contributed by atoms with van der Waals surface area (Å²) in [6.45, 7) is -0.554. The third-order valence-electron chi connectivity index (χ3n) is 5.23. The molecule has 0 atom stereocenters. The van der Waals surface area contributed by atoms with Crippen LogP contribution in [-0.2, 0) is 15.8 Å². The molecule has 6 nitrogen and oxygen atoms in total. The molecule has 1 N–H and O–H groups in total. The van der Waals surface area contributed by atoms with Crippen LogP contribution >= 0.6 is 35.6 Å². The summed E-state index contributed by atoms with van der Waals surface area (Å²) < 4.78 is 50.7. The second-order valence-electron chi connectivity index (χ2n) is 7.78. The molecule has 3 aromatic carbocycles. The fourth-order valence-corrected chi connectivity index (χ4v) is 4.92. The van der Waals surface area contributed by atoms with Crippen molar-refractivity contribution in [3.8, 4) is 11.5 Å². The number of carbonyl (C=O) groups excluding carboxylic acids is 2. The molecule has 38 heavy (non-hydrogen) atoms. The van der Waals surface area contributed by atoms with E-state index in [1.54, 1.807) is 42.5 Å². The fourth-order valence-electron chi connectivity index (χ4n) is 3.49. The van der Waals surface area contributed by atoms with Crippen LogP contribution in [-0.4, -0.2) is 29.9 Å². The summed E-state index contributed by atoms with van der Waals surface area (Å²) >= 11 is 12.4. The zero-order valence-electron chi connectivity index (χ0n) is 19.5. The summed E-state index contributed by atoms with van der Waals surface area (Å²) in [6.07, 6.45) is -2.98. The van der Waals surface area contributed by atoms with Gasteiger partial charge in [0.05, 0.1) is 29.0 Å². The number of para-hydroxylation sites is 1. The SMILES string of the molecule is COc1cc(/C=C2\SC(=S)N(c3ccc(Cl)cc3)C2=O)ccc1OCC(=O)Nc1ccccc1C(F)(F)F. The van der Waals surface area contributed by atoms with Gasteiger partial charge in [0.2, 0.25) is 0 Å². The maximum atomic E-state index is 13.2. The van der Waals surface area contributed by atoms with Gasteiger partial charge in [-0.15, -0.1) is 0 Å². The second-order valence-corrected chi connectivity index (χ2v) is 9.90. The number of ether oxygens (including phenoxy) is 2. The first-order valence-corrected chi connectivity index (χ1v) is 12.5. The number of benzene rings is 3. The molecule has 1 aliphatic heterocycles. The van der Waals surface area contributed by atoms with Gasteiger partial charge in [-0.2, -0.15) is 13.2 Å². The van der Waals surface area contributed by atoms with Crippen LogP contribution in [0.25, 0.3) is 6.08 Å². The van der Waals surface area contributed by atoms with Crippen LogP contribution in [0.1, 0.15) is 11.1 Å². The van der Waals surface area contributed by atoms with Gasteiger partial charge in [-0.05, 0) is 60.2 Å². The molecule has 1 saturated heterocycles. The van der Waals surface area contributed by atoms with Crippen molar-refractivity contribution < 1.29 is 32.2 Å². The normalized spacial score (nSPS) is 14.7. The molecule has 0 unspecified atom stereocenters. The number of thioether (sulfide) groups is 1. The molecule has 3 aromatic rings. The monoisotopic (exact) mass is 578 g/mol. The predicted molar refractivity (Wildman–Crippen MR) is 146 cm³/mol. The number of methoxy groups -OCH3 is 1. The number of nitrogens with one attached hydrogen (secondary N) is 1. The molecule has 0 radical (unpaired) electrons. The number of thiocarbonyl (C=S) groups is 1. The highest BCUT2D eigenvalue weighted by atomic mass is 35.5. The van der Waals surface area contributed by atoms with Gasteiger partial charge in [0.15, 0.2) is 22.4 Å². The average Bonchev–Trinajstić information content (AvgIpc) is 3.15. The third kappa shape index (κ3) is 6.29. The number of alkyl halides is 3. The van der Waals surface area contributed by atoms with Gasteiger partial charge in [-0.25, -0.2) is 0 Å². The summed E-state index contributed by atoms with van der Waals surface area (Å²) in [6, 6.07) is 16.1. The summed E-state index contributed by atoms with van der Waals surface area (Å²) in [5, 5.41) is 2.75. The van der Waals surface area contributed by atoms with E-state index in [9.17, 15) is 22.8 Å². The van der Waals surface area contributed by atoms with Crippen LogP contribution in [0.5, 0.6) is 11.5 Å². The summed E-state index contributed by atoms with van der Waals surface area (Å²) in [5.74, 6) is -0.621. The minimum Gasteiger partial charge on any atom is -0.493 e. The number of amides is 2. The van der Waals surface area contributed by atoms with E-state index in [1.165, 1.54) is 30.2 Å². The Balaban J connectivity index is 1.45. The van der Waals surface area contributed by atoms with Gasteiger partial charge < -0.3 is 14.8 Å². The predicted octanol–water partition coefficient (Wildman–Crippen LogP) is 6.79. The van der Waals surface area contributed by atoms with Crippen molar-refractivity contribution in [1.29, 1.82) is 0 Å². The molecule has 2 amide bonds. The highest BCUT2D eigenvalue weighted by Gasteiger charge is 2.34. The van der Waals surface area contributed by atoms with Crippen LogP contribution in [0.15, 0.2) is 71.6 Å². The molecule has 0 bridgehead atoms. The van der Waals surface area contributed by atoms with Crippen molar-refractivity contribution >= 4 is 69.2 Å². The van der Waals surface area contributed by atoms with Crippen molar-refractivity contribution in [2.45, 2.75) is 6.18 Å². The van der Waals surface area contributed by atoms with E-state index in [2.05, 4.69) is 5.32 Å². The second kappa shape index (κ2) is 11.5. The average molecular weight is 579 g/mol.